The molecule has 0 spiro atoms. The highest BCUT2D eigenvalue weighted by molar-refractivity contribution is 5.85. The molecule has 6 heteroatoms. The van der Waals surface area contributed by atoms with Crippen molar-refractivity contribution < 1.29 is 4.52 Å². The van der Waals surface area contributed by atoms with E-state index >= 15 is 0 Å². The molecular weight excluding hydrogens is 228 g/mol. The van der Waals surface area contributed by atoms with Crippen LogP contribution in [0, 0.1) is 12.8 Å². The molecule has 2 rings (SSSR count). The van der Waals surface area contributed by atoms with Gasteiger partial charge in [0.15, 0.2) is 5.82 Å². The smallest absolute Gasteiger partial charge is 0.240 e. The molecule has 16 heavy (non-hydrogen) atoms. The zero-order valence-corrected chi connectivity index (χ0v) is 10.5. The van der Waals surface area contributed by atoms with E-state index in [0.29, 0.717) is 23.7 Å². The lowest BCUT2D eigenvalue weighted by Crippen LogP contribution is -2.45. The molecule has 2 heterocycles. The lowest BCUT2D eigenvalue weighted by atomic mass is 9.95. The highest BCUT2D eigenvalue weighted by Gasteiger charge is 2.24. The largest absolute Gasteiger partial charge is 0.338 e. The van der Waals surface area contributed by atoms with Crippen LogP contribution >= 0.6 is 12.4 Å². The van der Waals surface area contributed by atoms with Gasteiger partial charge in [-0.3, -0.25) is 4.90 Å². The third-order valence-corrected chi connectivity index (χ3v) is 2.98. The Hall–Kier alpha value is -0.650. The van der Waals surface area contributed by atoms with Crippen LogP contribution in [0.3, 0.4) is 0 Å². The van der Waals surface area contributed by atoms with Gasteiger partial charge < -0.3 is 10.3 Å². The van der Waals surface area contributed by atoms with Crippen LogP contribution in [0.15, 0.2) is 4.52 Å². The molecule has 0 radical (unpaired) electrons. The van der Waals surface area contributed by atoms with E-state index in [4.69, 9.17) is 10.3 Å². The number of nitrogens with two attached hydrogens (primary N) is 1. The predicted octanol–water partition coefficient (Wildman–Crippen LogP) is 0.969. The van der Waals surface area contributed by atoms with Gasteiger partial charge >= 0.3 is 0 Å². The van der Waals surface area contributed by atoms with Crippen molar-refractivity contribution in [2.24, 2.45) is 11.7 Å². The van der Waals surface area contributed by atoms with Gasteiger partial charge in [0.1, 0.15) is 0 Å². The molecule has 0 amide bonds. The molecule has 1 saturated heterocycles. The maximum Gasteiger partial charge on any atom is 0.240 e. The Morgan fingerprint density at radius 2 is 2.31 bits per heavy atom. The molecule has 1 fully saturated rings. The van der Waals surface area contributed by atoms with Crippen LogP contribution in [-0.4, -0.2) is 34.2 Å². The minimum absolute atomic E-state index is 0. The quantitative estimate of drug-likeness (QED) is 0.842. The number of likely N-dealkylation sites (tertiary alicyclic amines) is 1. The molecule has 0 bridgehead atoms. The monoisotopic (exact) mass is 246 g/mol. The van der Waals surface area contributed by atoms with Gasteiger partial charge in [-0.2, -0.15) is 4.98 Å². The maximum atomic E-state index is 5.96. The summed E-state index contributed by atoms with van der Waals surface area (Å²) in [5.74, 6) is 1.95. The minimum Gasteiger partial charge on any atom is -0.338 e. The zero-order chi connectivity index (χ0) is 10.8. The van der Waals surface area contributed by atoms with Crippen LogP contribution < -0.4 is 5.73 Å². The van der Waals surface area contributed by atoms with E-state index in [9.17, 15) is 0 Å². The highest BCUT2D eigenvalue weighted by Crippen LogP contribution is 2.16. The molecule has 1 aromatic rings. The summed E-state index contributed by atoms with van der Waals surface area (Å²) >= 11 is 0. The summed E-state index contributed by atoms with van der Waals surface area (Å²) in [4.78, 5) is 6.52. The number of halogens is 1. The van der Waals surface area contributed by atoms with Crippen LogP contribution in [-0.2, 0) is 6.54 Å². The van der Waals surface area contributed by atoms with Gasteiger partial charge in [0.05, 0.1) is 6.54 Å². The molecule has 2 unspecified atom stereocenters. The number of hydrogen-bond acceptors (Lipinski definition) is 5. The third kappa shape index (κ3) is 3.17. The van der Waals surface area contributed by atoms with Crippen molar-refractivity contribution in [1.29, 1.82) is 0 Å². The first-order valence-corrected chi connectivity index (χ1v) is 5.42. The first-order chi connectivity index (χ1) is 7.15. The van der Waals surface area contributed by atoms with Gasteiger partial charge in [0, 0.05) is 19.1 Å². The van der Waals surface area contributed by atoms with Crippen molar-refractivity contribution in [2.45, 2.75) is 32.9 Å². The molecule has 2 N–H and O–H groups in total. The Bertz CT molecular complexity index is 330. The van der Waals surface area contributed by atoms with Crippen LogP contribution in [0.2, 0.25) is 0 Å². The Morgan fingerprint density at radius 3 is 2.88 bits per heavy atom. The molecule has 1 aliphatic rings. The topological polar surface area (TPSA) is 68.2 Å². The summed E-state index contributed by atoms with van der Waals surface area (Å²) in [7, 11) is 0. The van der Waals surface area contributed by atoms with Crippen molar-refractivity contribution in [3.05, 3.63) is 11.7 Å². The van der Waals surface area contributed by atoms with Gasteiger partial charge in [0.2, 0.25) is 5.89 Å². The van der Waals surface area contributed by atoms with Crippen molar-refractivity contribution in [3.8, 4) is 0 Å². The third-order valence-electron chi connectivity index (χ3n) is 2.98. The van der Waals surface area contributed by atoms with E-state index in [1.54, 1.807) is 0 Å². The second-order valence-electron chi connectivity index (χ2n) is 4.40. The fourth-order valence-corrected chi connectivity index (χ4v) is 1.99. The number of hydrogen-bond donors (Lipinski definition) is 1. The Balaban J connectivity index is 0.00000128. The second kappa shape index (κ2) is 5.61. The summed E-state index contributed by atoms with van der Waals surface area (Å²) in [6.07, 6.45) is 1.05. The van der Waals surface area contributed by atoms with Gasteiger partial charge in [0.25, 0.3) is 0 Å². The summed E-state index contributed by atoms with van der Waals surface area (Å²) in [6, 6.07) is 0.339. The Kier molecular flexibility index (Phi) is 4.70. The van der Waals surface area contributed by atoms with Crippen molar-refractivity contribution in [1.82, 2.24) is 15.0 Å². The molecular formula is C10H19ClN4O. The van der Waals surface area contributed by atoms with Crippen LogP contribution in [0.1, 0.15) is 25.1 Å². The molecule has 1 aliphatic heterocycles. The summed E-state index contributed by atoms with van der Waals surface area (Å²) in [5.41, 5.74) is 5.96. The summed E-state index contributed by atoms with van der Waals surface area (Å²) in [5, 5.41) is 3.78. The van der Waals surface area contributed by atoms with E-state index < -0.39 is 0 Å². The van der Waals surface area contributed by atoms with E-state index in [1.165, 1.54) is 0 Å². The van der Waals surface area contributed by atoms with Crippen LogP contribution in [0.25, 0.3) is 0 Å². The van der Waals surface area contributed by atoms with Crippen molar-refractivity contribution >= 4 is 12.4 Å². The van der Waals surface area contributed by atoms with Crippen molar-refractivity contribution in [3.63, 3.8) is 0 Å². The normalized spacial score (nSPS) is 26.4. The lowest BCUT2D eigenvalue weighted by Gasteiger charge is -2.34. The van der Waals surface area contributed by atoms with Gasteiger partial charge in [-0.25, -0.2) is 0 Å². The Labute approximate surface area is 102 Å². The zero-order valence-electron chi connectivity index (χ0n) is 9.72. The molecule has 1 aromatic heterocycles. The molecule has 92 valence electrons. The highest BCUT2D eigenvalue weighted by atomic mass is 35.5. The SMILES string of the molecule is Cc1noc(CN2CCC(N)C(C)C2)n1.Cl. The summed E-state index contributed by atoms with van der Waals surface area (Å²) in [6.45, 7) is 6.81. The average molecular weight is 247 g/mol. The van der Waals surface area contributed by atoms with Crippen LogP contribution in [0.4, 0.5) is 0 Å². The summed E-state index contributed by atoms with van der Waals surface area (Å²) < 4.78 is 5.10. The van der Waals surface area contributed by atoms with Gasteiger partial charge in [-0.05, 0) is 19.3 Å². The standard InChI is InChI=1S/C10H18N4O.ClH/c1-7-5-14(4-3-9(7)11)6-10-12-8(2)13-15-10;/h7,9H,3-6,11H2,1-2H3;1H. The van der Waals surface area contributed by atoms with E-state index in [-0.39, 0.29) is 12.4 Å². The maximum absolute atomic E-state index is 5.96. The fraction of sp³-hybridized carbons (Fsp3) is 0.800. The molecule has 0 aliphatic carbocycles. The number of aryl methyl sites for hydroxylation is 1. The van der Waals surface area contributed by atoms with Gasteiger partial charge in [-0.15, -0.1) is 12.4 Å². The molecule has 0 aromatic carbocycles. The average Bonchev–Trinajstić information content (AvgIpc) is 2.58. The number of nitrogens with zero attached hydrogens (tertiary/aromatic N) is 3. The number of rotatable bonds is 2. The number of aromatic nitrogens is 2. The first kappa shape index (κ1) is 13.4. The predicted molar refractivity (Wildman–Crippen MR) is 63.3 cm³/mol. The van der Waals surface area contributed by atoms with E-state index in [1.807, 2.05) is 6.92 Å². The first-order valence-electron chi connectivity index (χ1n) is 5.42. The van der Waals surface area contributed by atoms with Gasteiger partial charge in [-0.1, -0.05) is 12.1 Å². The molecule has 5 nitrogen and oxygen atoms in total. The second-order valence-corrected chi connectivity index (χ2v) is 4.40. The fourth-order valence-electron chi connectivity index (χ4n) is 1.99. The lowest BCUT2D eigenvalue weighted by molar-refractivity contribution is 0.142. The van der Waals surface area contributed by atoms with Crippen molar-refractivity contribution in [2.75, 3.05) is 13.1 Å². The van der Waals surface area contributed by atoms with E-state index in [2.05, 4.69) is 22.0 Å². The van der Waals surface area contributed by atoms with Crippen LogP contribution in [0.5, 0.6) is 0 Å². The van der Waals surface area contributed by atoms with E-state index in [0.717, 1.165) is 26.1 Å². The Morgan fingerprint density at radius 1 is 1.56 bits per heavy atom. The molecule has 2 atom stereocenters. The number of piperidine rings is 1. The minimum atomic E-state index is 0. The molecule has 0 saturated carbocycles.